The van der Waals surface area contributed by atoms with Crippen molar-refractivity contribution in [2.75, 3.05) is 19.6 Å². The number of hydrogen-bond acceptors (Lipinski definition) is 3. The number of furan rings is 1. The van der Waals surface area contributed by atoms with Crippen LogP contribution in [0.3, 0.4) is 0 Å². The zero-order chi connectivity index (χ0) is 14.4. The van der Waals surface area contributed by atoms with Crippen molar-refractivity contribution in [3.63, 3.8) is 0 Å². The molecule has 1 aromatic carbocycles. The van der Waals surface area contributed by atoms with Gasteiger partial charge in [-0.1, -0.05) is 25.5 Å². The summed E-state index contributed by atoms with van der Waals surface area (Å²) in [5, 5.41) is 8.07. The smallest absolute Gasteiger partial charge is 0.134 e. The molecule has 0 unspecified atom stereocenters. The number of benzene rings is 1. The quantitative estimate of drug-likeness (QED) is 0.724. The lowest BCUT2D eigenvalue weighted by Crippen LogP contribution is -2.24. The summed E-state index contributed by atoms with van der Waals surface area (Å²) in [5.41, 5.74) is 2.25. The Balaban J connectivity index is 1.68. The Morgan fingerprint density at radius 2 is 1.90 bits per heavy atom. The summed E-state index contributed by atoms with van der Waals surface area (Å²) in [5.74, 6) is 1.74. The number of rotatable bonds is 8. The molecule has 2 N–H and O–H groups in total. The Morgan fingerprint density at radius 3 is 2.70 bits per heavy atom. The Hall–Kier alpha value is -1.32. The van der Waals surface area contributed by atoms with E-state index in [0.29, 0.717) is 0 Å². The first kappa shape index (κ1) is 15.1. The zero-order valence-electron chi connectivity index (χ0n) is 12.8. The normalized spacial score (nSPS) is 11.6. The molecule has 0 atom stereocenters. The molecule has 20 heavy (non-hydrogen) atoms. The van der Waals surface area contributed by atoms with Crippen LogP contribution >= 0.6 is 0 Å². The van der Waals surface area contributed by atoms with Crippen molar-refractivity contribution in [1.29, 1.82) is 0 Å². The minimum Gasteiger partial charge on any atom is -0.460 e. The maximum absolute atomic E-state index is 5.80. The van der Waals surface area contributed by atoms with Gasteiger partial charge in [0, 0.05) is 5.39 Å². The molecule has 2 rings (SSSR count). The molecule has 3 nitrogen and oxygen atoms in total. The minimum atomic E-state index is 0.724. The molecule has 0 aliphatic heterocycles. The summed E-state index contributed by atoms with van der Waals surface area (Å²) >= 11 is 0. The lowest BCUT2D eigenvalue weighted by Gasteiger charge is -2.07. The van der Waals surface area contributed by atoms with E-state index in [1.54, 1.807) is 0 Å². The second kappa shape index (κ2) is 7.46. The molecule has 0 saturated carbocycles. The highest BCUT2D eigenvalue weighted by Gasteiger charge is 2.03. The number of aryl methyl sites for hydroxylation is 1. The third kappa shape index (κ3) is 4.66. The van der Waals surface area contributed by atoms with Crippen molar-refractivity contribution in [1.82, 2.24) is 10.6 Å². The van der Waals surface area contributed by atoms with Crippen LogP contribution in [0.25, 0.3) is 11.0 Å². The molecule has 3 heteroatoms. The van der Waals surface area contributed by atoms with Crippen LogP contribution < -0.4 is 10.6 Å². The van der Waals surface area contributed by atoms with Gasteiger partial charge in [0.15, 0.2) is 0 Å². The van der Waals surface area contributed by atoms with Gasteiger partial charge in [-0.2, -0.15) is 0 Å². The summed E-state index contributed by atoms with van der Waals surface area (Å²) < 4.78 is 5.80. The van der Waals surface area contributed by atoms with Crippen LogP contribution in [0.15, 0.2) is 28.7 Å². The van der Waals surface area contributed by atoms with Gasteiger partial charge in [-0.3, -0.25) is 0 Å². The van der Waals surface area contributed by atoms with E-state index in [4.69, 9.17) is 4.42 Å². The first-order valence-electron chi connectivity index (χ1n) is 7.55. The van der Waals surface area contributed by atoms with Crippen LogP contribution in [-0.2, 0) is 6.54 Å². The van der Waals surface area contributed by atoms with Gasteiger partial charge in [0.05, 0.1) is 6.54 Å². The van der Waals surface area contributed by atoms with Gasteiger partial charge in [-0.05, 0) is 57.1 Å². The van der Waals surface area contributed by atoms with Crippen LogP contribution in [0.1, 0.15) is 31.6 Å². The lowest BCUT2D eigenvalue weighted by molar-refractivity contribution is 0.496. The van der Waals surface area contributed by atoms with Crippen molar-refractivity contribution in [2.24, 2.45) is 5.92 Å². The second-order valence-corrected chi connectivity index (χ2v) is 5.88. The molecule has 0 aliphatic carbocycles. The van der Waals surface area contributed by atoms with E-state index in [1.807, 2.05) is 6.07 Å². The molecule has 0 fully saturated rings. The molecular formula is C17H26N2O. The highest BCUT2D eigenvalue weighted by Crippen LogP contribution is 2.20. The number of nitrogens with one attached hydrogen (secondary N) is 2. The average molecular weight is 274 g/mol. The minimum absolute atomic E-state index is 0.724. The number of hydrogen-bond donors (Lipinski definition) is 2. The van der Waals surface area contributed by atoms with E-state index in [9.17, 15) is 0 Å². The van der Waals surface area contributed by atoms with Crippen molar-refractivity contribution in [3.8, 4) is 0 Å². The molecule has 1 aromatic heterocycles. The van der Waals surface area contributed by atoms with Crippen LogP contribution in [-0.4, -0.2) is 19.6 Å². The van der Waals surface area contributed by atoms with Crippen molar-refractivity contribution < 1.29 is 4.42 Å². The van der Waals surface area contributed by atoms with Gasteiger partial charge in [0.2, 0.25) is 0 Å². The van der Waals surface area contributed by atoms with Crippen LogP contribution in [0, 0.1) is 12.8 Å². The molecule has 0 saturated heterocycles. The van der Waals surface area contributed by atoms with Gasteiger partial charge in [0.1, 0.15) is 11.3 Å². The van der Waals surface area contributed by atoms with Gasteiger partial charge < -0.3 is 15.1 Å². The summed E-state index contributed by atoms with van der Waals surface area (Å²) in [6.07, 6.45) is 1.14. The lowest BCUT2D eigenvalue weighted by atomic mass is 10.2. The molecule has 0 radical (unpaired) electrons. The highest BCUT2D eigenvalue weighted by atomic mass is 16.3. The fourth-order valence-corrected chi connectivity index (χ4v) is 2.25. The molecule has 0 bridgehead atoms. The Morgan fingerprint density at radius 1 is 1.10 bits per heavy atom. The van der Waals surface area contributed by atoms with Crippen LogP contribution in [0.4, 0.5) is 0 Å². The highest BCUT2D eigenvalue weighted by molar-refractivity contribution is 5.78. The van der Waals surface area contributed by atoms with E-state index < -0.39 is 0 Å². The number of fused-ring (bicyclic) bond motifs is 1. The maximum atomic E-state index is 5.80. The molecule has 2 aromatic rings. The summed E-state index contributed by atoms with van der Waals surface area (Å²) in [6, 6.07) is 8.43. The van der Waals surface area contributed by atoms with Crippen molar-refractivity contribution in [3.05, 3.63) is 35.6 Å². The topological polar surface area (TPSA) is 37.2 Å². The summed E-state index contributed by atoms with van der Waals surface area (Å²) in [7, 11) is 0. The first-order valence-corrected chi connectivity index (χ1v) is 7.55. The monoisotopic (exact) mass is 274 g/mol. The summed E-state index contributed by atoms with van der Waals surface area (Å²) in [6.45, 7) is 10.6. The van der Waals surface area contributed by atoms with Gasteiger partial charge >= 0.3 is 0 Å². The first-order chi connectivity index (χ1) is 9.65. The Kier molecular flexibility index (Phi) is 5.62. The third-order valence-electron chi connectivity index (χ3n) is 3.28. The Labute approximate surface area is 121 Å². The predicted octanol–water partition coefficient (Wildman–Crippen LogP) is 3.47. The average Bonchev–Trinajstić information content (AvgIpc) is 2.79. The van der Waals surface area contributed by atoms with Crippen LogP contribution in [0.2, 0.25) is 0 Å². The SMILES string of the molecule is Cc1ccc2oc(CNCCCNCC(C)C)cc2c1. The fourth-order valence-electron chi connectivity index (χ4n) is 2.25. The largest absolute Gasteiger partial charge is 0.460 e. The fraction of sp³-hybridized carbons (Fsp3) is 0.529. The van der Waals surface area contributed by atoms with Gasteiger partial charge in [-0.15, -0.1) is 0 Å². The van der Waals surface area contributed by atoms with E-state index in [2.05, 4.69) is 49.6 Å². The molecular weight excluding hydrogens is 248 g/mol. The van der Waals surface area contributed by atoms with Crippen molar-refractivity contribution >= 4 is 11.0 Å². The Bertz CT molecular complexity index is 531. The molecule has 110 valence electrons. The van der Waals surface area contributed by atoms with E-state index in [1.165, 1.54) is 10.9 Å². The van der Waals surface area contributed by atoms with Crippen molar-refractivity contribution in [2.45, 2.75) is 33.7 Å². The molecule has 0 spiro atoms. The third-order valence-corrected chi connectivity index (χ3v) is 3.28. The zero-order valence-corrected chi connectivity index (χ0v) is 12.8. The van der Waals surface area contributed by atoms with E-state index in [-0.39, 0.29) is 0 Å². The van der Waals surface area contributed by atoms with Crippen LogP contribution in [0.5, 0.6) is 0 Å². The molecule has 0 aliphatic rings. The molecule has 0 amide bonds. The standard InChI is InChI=1S/C17H26N2O/c1-13(2)11-18-7-4-8-19-12-16-10-15-9-14(3)5-6-17(15)20-16/h5-6,9-10,13,18-19H,4,7-8,11-12H2,1-3H3. The van der Waals surface area contributed by atoms with Gasteiger partial charge in [-0.25, -0.2) is 0 Å². The molecule has 1 heterocycles. The predicted molar refractivity (Wildman–Crippen MR) is 85.0 cm³/mol. The second-order valence-electron chi connectivity index (χ2n) is 5.88. The van der Waals surface area contributed by atoms with E-state index >= 15 is 0 Å². The summed E-state index contributed by atoms with van der Waals surface area (Å²) in [4.78, 5) is 0. The maximum Gasteiger partial charge on any atom is 0.134 e. The van der Waals surface area contributed by atoms with E-state index in [0.717, 1.165) is 49.9 Å². The van der Waals surface area contributed by atoms with Gasteiger partial charge in [0.25, 0.3) is 0 Å².